The largest absolute Gasteiger partial charge is 0.334 e. The molecule has 0 unspecified atom stereocenters. The third-order valence-electron chi connectivity index (χ3n) is 4.65. The second-order valence-electron chi connectivity index (χ2n) is 6.41. The van der Waals surface area contributed by atoms with Crippen LogP contribution in [0.3, 0.4) is 0 Å². The van der Waals surface area contributed by atoms with Gasteiger partial charge in [0.05, 0.1) is 17.6 Å². The number of hydrogen-bond donors (Lipinski definition) is 1. The molecule has 0 radical (unpaired) electrons. The Morgan fingerprint density at radius 2 is 2.00 bits per heavy atom. The van der Waals surface area contributed by atoms with E-state index in [1.165, 1.54) is 6.07 Å². The number of aromatic nitrogens is 3. The van der Waals surface area contributed by atoms with Gasteiger partial charge in [-0.25, -0.2) is 0 Å². The fourth-order valence-electron chi connectivity index (χ4n) is 2.92. The molecule has 1 aromatic carbocycles. The normalized spacial score (nSPS) is 15.2. The van der Waals surface area contributed by atoms with Gasteiger partial charge in [0.15, 0.2) is 5.82 Å². The highest BCUT2D eigenvalue weighted by Gasteiger charge is 2.39. The molecule has 2 N–H and O–H groups in total. The van der Waals surface area contributed by atoms with E-state index < -0.39 is 5.54 Å². The van der Waals surface area contributed by atoms with Crippen LogP contribution >= 0.6 is 24.0 Å². The summed E-state index contributed by atoms with van der Waals surface area (Å²) >= 11 is 6.19. The average Bonchev–Trinajstić information content (AvgIpc) is 3.07. The van der Waals surface area contributed by atoms with Gasteiger partial charge in [-0.1, -0.05) is 35.0 Å². The van der Waals surface area contributed by atoms with Crippen LogP contribution in [0.2, 0.25) is 5.02 Å². The summed E-state index contributed by atoms with van der Waals surface area (Å²) in [7, 11) is 0. The van der Waals surface area contributed by atoms with E-state index >= 15 is 0 Å². The molecule has 2 heterocycles. The molecule has 26 heavy (non-hydrogen) atoms. The van der Waals surface area contributed by atoms with Gasteiger partial charge in [-0.05, 0) is 37.0 Å². The Morgan fingerprint density at radius 3 is 2.69 bits per heavy atom. The topological polar surface area (TPSA) is 86.9 Å². The summed E-state index contributed by atoms with van der Waals surface area (Å²) < 4.78 is 6.93. The summed E-state index contributed by atoms with van der Waals surface area (Å²) in [5, 5.41) is 4.64. The molecule has 1 aliphatic rings. The molecular formula is C18H18Cl2N4O2. The molecule has 1 fully saturated rings. The summed E-state index contributed by atoms with van der Waals surface area (Å²) in [5.74, 6) is 0.886. The summed E-state index contributed by atoms with van der Waals surface area (Å²) in [5.41, 5.74) is 7.17. The van der Waals surface area contributed by atoms with Crippen LogP contribution in [-0.4, -0.2) is 14.7 Å². The van der Waals surface area contributed by atoms with E-state index in [1.807, 2.05) is 18.2 Å². The molecule has 4 rings (SSSR count). The maximum Gasteiger partial charge on any atom is 0.259 e. The quantitative estimate of drug-likeness (QED) is 0.735. The molecule has 1 saturated carbocycles. The molecule has 6 nitrogen and oxygen atoms in total. The summed E-state index contributed by atoms with van der Waals surface area (Å²) in [6, 6.07) is 10.6. The van der Waals surface area contributed by atoms with Gasteiger partial charge in [-0.2, -0.15) is 4.98 Å². The molecular weight excluding hydrogens is 375 g/mol. The van der Waals surface area contributed by atoms with Crippen molar-refractivity contribution in [3.63, 3.8) is 0 Å². The van der Waals surface area contributed by atoms with Crippen molar-refractivity contribution in [2.75, 3.05) is 0 Å². The van der Waals surface area contributed by atoms with Crippen molar-refractivity contribution in [2.24, 2.45) is 5.73 Å². The average molecular weight is 393 g/mol. The van der Waals surface area contributed by atoms with Crippen LogP contribution in [0.5, 0.6) is 0 Å². The van der Waals surface area contributed by atoms with Crippen molar-refractivity contribution in [3.05, 3.63) is 69.4 Å². The number of rotatable bonds is 4. The molecule has 0 bridgehead atoms. The Bertz CT molecular complexity index is 979. The first-order valence-corrected chi connectivity index (χ1v) is 8.50. The fourth-order valence-corrected chi connectivity index (χ4v) is 3.11. The molecule has 3 aromatic rings. The zero-order valence-corrected chi connectivity index (χ0v) is 15.5. The monoisotopic (exact) mass is 392 g/mol. The Labute approximate surface area is 161 Å². The second-order valence-corrected chi connectivity index (χ2v) is 6.82. The summed E-state index contributed by atoms with van der Waals surface area (Å²) in [6.45, 7) is 0.369. The first-order valence-electron chi connectivity index (χ1n) is 8.12. The van der Waals surface area contributed by atoms with E-state index in [0.29, 0.717) is 28.8 Å². The number of pyridine rings is 1. The van der Waals surface area contributed by atoms with Gasteiger partial charge < -0.3 is 14.8 Å². The van der Waals surface area contributed by atoms with Gasteiger partial charge in [0.2, 0.25) is 0 Å². The SMILES string of the molecule is Cl.NC1(c2noc(-c3ccc(=O)n(Cc4ccccc4Cl)c3)n2)CCC1. The summed E-state index contributed by atoms with van der Waals surface area (Å²) in [6.07, 6.45) is 4.49. The molecule has 0 aliphatic heterocycles. The molecule has 8 heteroatoms. The van der Waals surface area contributed by atoms with Crippen LogP contribution in [0, 0.1) is 0 Å². The minimum Gasteiger partial charge on any atom is -0.334 e. The van der Waals surface area contributed by atoms with Gasteiger partial charge in [0.1, 0.15) is 0 Å². The minimum atomic E-state index is -0.478. The van der Waals surface area contributed by atoms with Crippen LogP contribution in [-0.2, 0) is 12.1 Å². The van der Waals surface area contributed by atoms with Crippen molar-refractivity contribution in [1.29, 1.82) is 0 Å². The first-order chi connectivity index (χ1) is 12.0. The van der Waals surface area contributed by atoms with Crippen molar-refractivity contribution in [2.45, 2.75) is 31.3 Å². The van der Waals surface area contributed by atoms with Crippen molar-refractivity contribution in [1.82, 2.24) is 14.7 Å². The predicted octanol–water partition coefficient (Wildman–Crippen LogP) is 3.36. The standard InChI is InChI=1S/C18H17ClN4O2.ClH/c19-14-5-2-1-4-12(14)10-23-11-13(6-7-15(23)24)16-21-17(22-25-16)18(20)8-3-9-18;/h1-2,4-7,11H,3,8-10,20H2;1H. The Kier molecular flexibility index (Phi) is 5.18. The molecule has 0 saturated heterocycles. The van der Waals surface area contributed by atoms with Crippen LogP contribution < -0.4 is 11.3 Å². The lowest BCUT2D eigenvalue weighted by Gasteiger charge is -2.34. The molecule has 0 spiro atoms. The molecule has 0 amide bonds. The van der Waals surface area contributed by atoms with Crippen LogP contribution in [0.1, 0.15) is 30.7 Å². The third-order valence-corrected chi connectivity index (χ3v) is 5.01. The Morgan fingerprint density at radius 1 is 1.23 bits per heavy atom. The number of hydrogen-bond acceptors (Lipinski definition) is 5. The number of halogens is 2. The Balaban J connectivity index is 0.00000196. The maximum atomic E-state index is 12.2. The van der Waals surface area contributed by atoms with Crippen molar-refractivity contribution < 1.29 is 4.52 Å². The van der Waals surface area contributed by atoms with Crippen LogP contribution in [0.15, 0.2) is 51.9 Å². The zero-order chi connectivity index (χ0) is 17.4. The lowest BCUT2D eigenvalue weighted by Crippen LogP contribution is -2.44. The van der Waals surface area contributed by atoms with Gasteiger partial charge >= 0.3 is 0 Å². The van der Waals surface area contributed by atoms with Gasteiger partial charge in [-0.3, -0.25) is 4.79 Å². The van der Waals surface area contributed by atoms with Crippen molar-refractivity contribution >= 4 is 24.0 Å². The molecule has 136 valence electrons. The highest BCUT2D eigenvalue weighted by Crippen LogP contribution is 2.37. The van der Waals surface area contributed by atoms with Gasteiger partial charge in [0.25, 0.3) is 11.4 Å². The minimum absolute atomic E-state index is 0. The molecule has 2 aromatic heterocycles. The predicted molar refractivity (Wildman–Crippen MR) is 102 cm³/mol. The highest BCUT2D eigenvalue weighted by atomic mass is 35.5. The second kappa shape index (κ2) is 7.23. The molecule has 0 atom stereocenters. The zero-order valence-electron chi connectivity index (χ0n) is 13.9. The van der Waals surface area contributed by atoms with E-state index in [4.69, 9.17) is 21.9 Å². The summed E-state index contributed by atoms with van der Waals surface area (Å²) in [4.78, 5) is 16.6. The number of benzene rings is 1. The first kappa shape index (κ1) is 18.6. The highest BCUT2D eigenvalue weighted by molar-refractivity contribution is 6.31. The fraction of sp³-hybridized carbons (Fsp3) is 0.278. The van der Waals surface area contributed by atoms with Crippen LogP contribution in [0.4, 0.5) is 0 Å². The maximum absolute atomic E-state index is 12.2. The van der Waals surface area contributed by atoms with E-state index in [1.54, 1.807) is 22.9 Å². The van der Waals surface area contributed by atoms with E-state index in [-0.39, 0.29) is 18.0 Å². The molecule has 1 aliphatic carbocycles. The third kappa shape index (κ3) is 3.40. The van der Waals surface area contributed by atoms with Crippen LogP contribution in [0.25, 0.3) is 11.5 Å². The lowest BCUT2D eigenvalue weighted by atomic mass is 9.77. The van der Waals surface area contributed by atoms with Gasteiger partial charge in [-0.15, -0.1) is 12.4 Å². The number of nitrogens with zero attached hydrogens (tertiary/aromatic N) is 3. The van der Waals surface area contributed by atoms with E-state index in [0.717, 1.165) is 24.8 Å². The van der Waals surface area contributed by atoms with Gasteiger partial charge in [0, 0.05) is 17.3 Å². The smallest absolute Gasteiger partial charge is 0.259 e. The van der Waals surface area contributed by atoms with Crippen molar-refractivity contribution in [3.8, 4) is 11.5 Å². The lowest BCUT2D eigenvalue weighted by molar-refractivity contribution is 0.229. The van der Waals surface area contributed by atoms with E-state index in [9.17, 15) is 4.79 Å². The van der Waals surface area contributed by atoms with E-state index in [2.05, 4.69) is 10.1 Å². The Hall–Kier alpha value is -2.15. The number of nitrogens with two attached hydrogens (primary N) is 1.